The molecule has 0 aliphatic heterocycles. The van der Waals surface area contributed by atoms with Gasteiger partial charge in [-0.1, -0.05) is 72.1 Å². The largest absolute Gasteiger partial charge is 0.356 e. The lowest BCUT2D eigenvalue weighted by atomic mass is 10.0. The Hall–Kier alpha value is -1.47. The molecule has 5 nitrogen and oxygen atoms in total. The standard InChI is InChI=1S/C20H23Cl3N2O3S/c1-14(15-7-4-3-5-8-15)13-24-20(26)9-6-10-25(29(2,27)28)19-12-17(22)16(21)11-18(19)23/h3-5,7-8,11-12,14H,6,9-10,13H2,1-2H3,(H,24,26)/t14-/m1/s1. The fourth-order valence-electron chi connectivity index (χ4n) is 2.81. The number of anilines is 1. The summed E-state index contributed by atoms with van der Waals surface area (Å²) in [5.41, 5.74) is 1.38. The molecule has 2 aromatic carbocycles. The van der Waals surface area contributed by atoms with E-state index in [1.807, 2.05) is 37.3 Å². The third kappa shape index (κ3) is 7.07. The van der Waals surface area contributed by atoms with Crippen LogP contribution in [0.25, 0.3) is 0 Å². The number of amides is 1. The van der Waals surface area contributed by atoms with Crippen LogP contribution in [0.4, 0.5) is 5.69 Å². The van der Waals surface area contributed by atoms with Gasteiger partial charge in [-0.2, -0.15) is 0 Å². The quantitative estimate of drug-likeness (QED) is 0.510. The van der Waals surface area contributed by atoms with Crippen LogP contribution < -0.4 is 9.62 Å². The summed E-state index contributed by atoms with van der Waals surface area (Å²) >= 11 is 18.1. The van der Waals surface area contributed by atoms with Crippen molar-refractivity contribution in [3.05, 3.63) is 63.1 Å². The topological polar surface area (TPSA) is 66.5 Å². The third-order valence-corrected chi connectivity index (χ3v) is 6.60. The Labute approximate surface area is 187 Å². The SMILES string of the molecule is C[C@H](CNC(=O)CCCN(c1cc(Cl)c(Cl)cc1Cl)S(C)(=O)=O)c1ccccc1. The minimum Gasteiger partial charge on any atom is -0.356 e. The zero-order valence-corrected chi connectivity index (χ0v) is 19.2. The summed E-state index contributed by atoms with van der Waals surface area (Å²) in [6, 6.07) is 12.7. The van der Waals surface area contributed by atoms with Gasteiger partial charge in [-0.25, -0.2) is 8.42 Å². The molecule has 1 amide bonds. The Kier molecular flexibility index (Phi) is 8.64. The van der Waals surface area contributed by atoms with Crippen molar-refractivity contribution in [2.45, 2.75) is 25.7 Å². The Balaban J connectivity index is 1.94. The highest BCUT2D eigenvalue weighted by Crippen LogP contribution is 2.35. The molecule has 2 aromatic rings. The lowest BCUT2D eigenvalue weighted by Gasteiger charge is -2.24. The first-order valence-corrected chi connectivity index (χ1v) is 12.0. The van der Waals surface area contributed by atoms with E-state index in [0.717, 1.165) is 16.1 Å². The summed E-state index contributed by atoms with van der Waals surface area (Å²) in [6.07, 6.45) is 1.59. The molecule has 0 bridgehead atoms. The van der Waals surface area contributed by atoms with E-state index in [9.17, 15) is 13.2 Å². The van der Waals surface area contributed by atoms with E-state index in [1.54, 1.807) is 0 Å². The van der Waals surface area contributed by atoms with Gasteiger partial charge in [0.2, 0.25) is 15.9 Å². The number of nitrogens with one attached hydrogen (secondary N) is 1. The summed E-state index contributed by atoms with van der Waals surface area (Å²) in [5, 5.41) is 3.50. The molecule has 0 radical (unpaired) electrons. The fourth-order valence-corrected chi connectivity index (χ4v) is 4.47. The van der Waals surface area contributed by atoms with Crippen molar-refractivity contribution in [3.8, 4) is 0 Å². The molecule has 158 valence electrons. The van der Waals surface area contributed by atoms with E-state index >= 15 is 0 Å². The average Bonchev–Trinajstić information content (AvgIpc) is 2.66. The first kappa shape index (κ1) is 23.8. The first-order valence-electron chi connectivity index (χ1n) is 9.03. The lowest BCUT2D eigenvalue weighted by molar-refractivity contribution is -0.121. The summed E-state index contributed by atoms with van der Waals surface area (Å²) in [5.74, 6) is 0.0455. The molecule has 2 rings (SSSR count). The van der Waals surface area contributed by atoms with Crippen molar-refractivity contribution >= 4 is 56.4 Å². The molecule has 0 aromatic heterocycles. The van der Waals surface area contributed by atoms with E-state index < -0.39 is 10.0 Å². The van der Waals surface area contributed by atoms with Gasteiger partial charge in [0.15, 0.2) is 0 Å². The summed E-state index contributed by atoms with van der Waals surface area (Å²) in [6.45, 7) is 2.64. The molecule has 9 heteroatoms. The van der Waals surface area contributed by atoms with E-state index in [1.165, 1.54) is 12.1 Å². The molecular formula is C20H23Cl3N2O3S. The average molecular weight is 478 g/mol. The monoisotopic (exact) mass is 476 g/mol. The minimum atomic E-state index is -3.61. The van der Waals surface area contributed by atoms with E-state index in [0.29, 0.717) is 13.0 Å². The molecule has 1 N–H and O–H groups in total. The molecule has 29 heavy (non-hydrogen) atoms. The molecule has 0 spiro atoms. The molecule has 0 fully saturated rings. The van der Waals surface area contributed by atoms with Gasteiger partial charge >= 0.3 is 0 Å². The molecule has 0 saturated carbocycles. The van der Waals surface area contributed by atoms with Gasteiger partial charge in [0.25, 0.3) is 0 Å². The van der Waals surface area contributed by atoms with Gasteiger partial charge in [-0.15, -0.1) is 0 Å². The highest BCUT2D eigenvalue weighted by Gasteiger charge is 2.21. The summed E-state index contributed by atoms with van der Waals surface area (Å²) in [7, 11) is -3.61. The van der Waals surface area contributed by atoms with Gasteiger partial charge in [-0.05, 0) is 30.0 Å². The lowest BCUT2D eigenvalue weighted by Crippen LogP contribution is -2.33. The fraction of sp³-hybridized carbons (Fsp3) is 0.350. The number of hydrogen-bond acceptors (Lipinski definition) is 3. The predicted molar refractivity (Wildman–Crippen MR) is 121 cm³/mol. The smallest absolute Gasteiger partial charge is 0.232 e. The van der Waals surface area contributed by atoms with Crippen LogP contribution in [-0.4, -0.2) is 33.7 Å². The number of carbonyl (C=O) groups excluding carboxylic acids is 1. The van der Waals surface area contributed by atoms with Crippen molar-refractivity contribution in [1.29, 1.82) is 0 Å². The molecular weight excluding hydrogens is 455 g/mol. The zero-order chi connectivity index (χ0) is 21.6. The highest BCUT2D eigenvalue weighted by atomic mass is 35.5. The third-order valence-electron chi connectivity index (χ3n) is 4.40. The van der Waals surface area contributed by atoms with Crippen LogP contribution in [0.1, 0.15) is 31.2 Å². The van der Waals surface area contributed by atoms with Gasteiger partial charge < -0.3 is 5.32 Å². The Morgan fingerprint density at radius 2 is 1.69 bits per heavy atom. The maximum atomic E-state index is 12.2. The number of rotatable bonds is 9. The molecule has 0 aliphatic carbocycles. The molecule has 0 aliphatic rings. The van der Waals surface area contributed by atoms with Crippen molar-refractivity contribution in [3.63, 3.8) is 0 Å². The van der Waals surface area contributed by atoms with E-state index in [2.05, 4.69) is 5.32 Å². The minimum absolute atomic E-state index is 0.0954. The van der Waals surface area contributed by atoms with Crippen LogP contribution in [0.15, 0.2) is 42.5 Å². The van der Waals surface area contributed by atoms with Crippen LogP contribution in [0.3, 0.4) is 0 Å². The Bertz CT molecular complexity index is 953. The highest BCUT2D eigenvalue weighted by molar-refractivity contribution is 7.92. The maximum Gasteiger partial charge on any atom is 0.232 e. The molecule has 0 saturated heterocycles. The summed E-state index contributed by atoms with van der Waals surface area (Å²) in [4.78, 5) is 12.2. The van der Waals surface area contributed by atoms with Crippen molar-refractivity contribution < 1.29 is 13.2 Å². The predicted octanol–water partition coefficient (Wildman–Crippen LogP) is 5.11. The van der Waals surface area contributed by atoms with Crippen LogP contribution in [0.2, 0.25) is 15.1 Å². The zero-order valence-electron chi connectivity index (χ0n) is 16.2. The Morgan fingerprint density at radius 1 is 1.07 bits per heavy atom. The number of nitrogens with zero attached hydrogens (tertiary/aromatic N) is 1. The van der Waals surface area contributed by atoms with Gasteiger partial charge in [0.1, 0.15) is 0 Å². The number of benzene rings is 2. The number of halogens is 3. The number of carbonyl (C=O) groups is 1. The van der Waals surface area contributed by atoms with Crippen molar-refractivity contribution in [2.75, 3.05) is 23.7 Å². The van der Waals surface area contributed by atoms with Crippen molar-refractivity contribution in [2.24, 2.45) is 0 Å². The van der Waals surface area contributed by atoms with E-state index in [4.69, 9.17) is 34.8 Å². The van der Waals surface area contributed by atoms with Gasteiger partial charge in [0, 0.05) is 19.5 Å². The second kappa shape index (κ2) is 10.5. The van der Waals surface area contributed by atoms with E-state index in [-0.39, 0.29) is 45.5 Å². The summed E-state index contributed by atoms with van der Waals surface area (Å²) < 4.78 is 25.6. The number of sulfonamides is 1. The molecule has 0 unspecified atom stereocenters. The van der Waals surface area contributed by atoms with Crippen LogP contribution >= 0.6 is 34.8 Å². The second-order valence-corrected chi connectivity index (χ2v) is 9.90. The number of hydrogen-bond donors (Lipinski definition) is 1. The van der Waals surface area contributed by atoms with Crippen LogP contribution in [0, 0.1) is 0 Å². The van der Waals surface area contributed by atoms with Crippen LogP contribution in [0.5, 0.6) is 0 Å². The van der Waals surface area contributed by atoms with Gasteiger partial charge in [-0.3, -0.25) is 9.10 Å². The maximum absolute atomic E-state index is 12.2. The van der Waals surface area contributed by atoms with Gasteiger partial charge in [0.05, 0.1) is 27.0 Å². The Morgan fingerprint density at radius 3 is 2.31 bits per heavy atom. The van der Waals surface area contributed by atoms with Crippen molar-refractivity contribution in [1.82, 2.24) is 5.32 Å². The molecule has 1 atom stereocenters. The second-order valence-electron chi connectivity index (χ2n) is 6.77. The first-order chi connectivity index (χ1) is 13.6. The van der Waals surface area contributed by atoms with Crippen LogP contribution in [-0.2, 0) is 14.8 Å². The molecule has 0 heterocycles. The normalized spacial score (nSPS) is 12.4.